The van der Waals surface area contributed by atoms with Gasteiger partial charge in [-0.2, -0.15) is 0 Å². The Morgan fingerprint density at radius 1 is 0.145 bits per heavy atom. The smallest absolute Gasteiger partial charge is 0.196 e. The molecule has 0 fully saturated rings. The van der Waals surface area contributed by atoms with Crippen LogP contribution < -0.4 is 42.5 Å². The molecule has 0 unspecified atom stereocenters. The average molecular weight is 1700 g/mol. The molecule has 0 aromatic heterocycles. The number of nitrogens with one attached hydrogen (secondary N) is 8. The fourth-order valence-corrected chi connectivity index (χ4v) is 15.5. The van der Waals surface area contributed by atoms with Gasteiger partial charge in [0.2, 0.25) is 0 Å². The highest BCUT2D eigenvalue weighted by Crippen LogP contribution is 2.41. The van der Waals surface area contributed by atoms with Crippen LogP contribution in [0, 0.1) is 0 Å². The number of carbonyl (C=O) groups excluding carboxylic acids is 8. The third kappa shape index (κ3) is 23.9. The molecule has 12 aliphatic rings. The summed E-state index contributed by atoms with van der Waals surface area (Å²) in [7, 11) is 0. The van der Waals surface area contributed by atoms with Crippen molar-refractivity contribution in [3.63, 3.8) is 0 Å². The molecule has 8 aliphatic heterocycles. The molecule has 8 heterocycles. The Balaban J connectivity index is 0.532. The van der Waals surface area contributed by atoms with Crippen molar-refractivity contribution < 1.29 is 95.2 Å². The predicted octanol–water partition coefficient (Wildman–Crippen LogP) is 12.5. The Hall–Kier alpha value is -11.0. The maximum absolute atomic E-state index is 14.1. The normalized spacial score (nSPS) is 18.6. The van der Waals surface area contributed by atoms with Crippen LogP contribution in [-0.4, -0.2) is 257 Å². The predicted molar refractivity (Wildman–Crippen MR) is 474 cm³/mol. The Labute approximate surface area is 722 Å². The highest BCUT2D eigenvalue weighted by atomic mass is 16.6. The average Bonchev–Trinajstić information content (AvgIpc) is 0.766. The summed E-state index contributed by atoms with van der Waals surface area (Å²) >= 11 is 0. The second kappa shape index (κ2) is 48.3. The van der Waals surface area contributed by atoms with E-state index in [0.717, 1.165) is 0 Å². The van der Waals surface area contributed by atoms with Crippen molar-refractivity contribution >= 4 is 91.8 Å². The second-order valence-corrected chi connectivity index (χ2v) is 30.0. The van der Waals surface area contributed by atoms with Gasteiger partial charge in [-0.3, -0.25) is 38.4 Å². The molecule has 124 heavy (non-hydrogen) atoms. The molecule has 8 aromatic rings. The van der Waals surface area contributed by atoms with E-state index in [2.05, 4.69) is 42.5 Å². The maximum Gasteiger partial charge on any atom is 0.196 e. The largest absolute Gasteiger partial charge is 0.384 e. The van der Waals surface area contributed by atoms with E-state index in [9.17, 15) is 38.4 Å². The maximum atomic E-state index is 14.1. The zero-order valence-corrected chi connectivity index (χ0v) is 70.3. The van der Waals surface area contributed by atoms with Crippen molar-refractivity contribution in [3.05, 3.63) is 235 Å². The molecule has 0 amide bonds. The van der Waals surface area contributed by atoms with Crippen LogP contribution in [0.3, 0.4) is 0 Å². The van der Waals surface area contributed by atoms with Gasteiger partial charge in [-0.1, -0.05) is 97.1 Å². The minimum absolute atomic E-state index is 0.219. The Kier molecular flexibility index (Phi) is 35.4. The lowest BCUT2D eigenvalue weighted by molar-refractivity contribution is 0.0145. The first-order valence-electron chi connectivity index (χ1n) is 43.3. The van der Waals surface area contributed by atoms with E-state index in [1.54, 1.807) is 97.1 Å². The molecule has 28 nitrogen and oxygen atoms in total. The first kappa shape index (κ1) is 90.8. The molecule has 8 aromatic carbocycles. The number of fused-ring (bicyclic) bond motifs is 1. The van der Waals surface area contributed by atoms with Crippen LogP contribution in [0.5, 0.6) is 0 Å². The Bertz CT molecular complexity index is 4690. The van der Waals surface area contributed by atoms with Gasteiger partial charge >= 0.3 is 0 Å². The summed E-state index contributed by atoms with van der Waals surface area (Å²) in [6.45, 7) is 13.9. The van der Waals surface area contributed by atoms with Gasteiger partial charge in [-0.25, -0.2) is 0 Å². The minimum Gasteiger partial charge on any atom is -0.384 e. The Morgan fingerprint density at radius 3 is 0.452 bits per heavy atom. The van der Waals surface area contributed by atoms with Gasteiger partial charge in [0.1, 0.15) is 0 Å². The first-order chi connectivity index (χ1) is 61.1. The van der Waals surface area contributed by atoms with E-state index in [4.69, 9.17) is 56.8 Å². The lowest BCUT2D eigenvalue weighted by Gasteiger charge is -2.24. The zero-order chi connectivity index (χ0) is 85.9. The van der Waals surface area contributed by atoms with E-state index < -0.39 is 0 Å². The number of hydrogen-bond acceptors (Lipinski definition) is 28. The molecule has 20 bridgehead atoms. The highest BCUT2D eigenvalue weighted by Gasteiger charge is 2.38. The number of rotatable bonds is 0. The Morgan fingerprint density at radius 2 is 0.282 bits per heavy atom. The standard InChI is InChI=1S/C96H112N8O20/c105-89-65-17-1-2-18-66(65)90(106)88-80-32-31-79(87(88)89)103-39-15-47-119-55-63-123-61-53-117-45-13-37-101-77-29-7-23-71-85(77)95(111)69-21-5-27-75(83(69)93(71)109)99-35-11-43-115-51-59-121-57-49-113-41-9-33-97-73-25-3-19-67-81(73)91(107)68-20-4-26-74(82(68)92(67)108)98-34-10-42-114-50-58-122-60-52-116-44-12-36-100-76-28-6-22-70-84(76)94(110)72-24-8-30-78(86(72)96(70)112)102-38-14-46-118-54-62-124-64-56-120-48-16-40-104-80/h1-8,17-32,97-104H,9-16,33-64H2. The van der Waals surface area contributed by atoms with E-state index in [-0.39, 0.29) is 46.3 Å². The van der Waals surface area contributed by atoms with Crippen LogP contribution in [0.2, 0.25) is 0 Å². The van der Waals surface area contributed by atoms with Crippen LogP contribution in [-0.2, 0) is 56.8 Å². The summed E-state index contributed by atoms with van der Waals surface area (Å²) in [6.07, 6.45) is 5.16. The molecule has 0 saturated carbocycles. The van der Waals surface area contributed by atoms with Gasteiger partial charge in [0.15, 0.2) is 46.3 Å². The van der Waals surface area contributed by atoms with Gasteiger partial charge in [0.05, 0.1) is 150 Å². The van der Waals surface area contributed by atoms with Crippen molar-refractivity contribution in [2.45, 2.75) is 51.4 Å². The molecule has 28 heteroatoms. The third-order valence-corrected chi connectivity index (χ3v) is 21.5. The molecule has 656 valence electrons. The number of ether oxygens (including phenoxy) is 12. The number of carbonyl (C=O) groups is 8. The molecule has 8 N–H and O–H groups in total. The van der Waals surface area contributed by atoms with Crippen LogP contribution in [0.25, 0.3) is 0 Å². The van der Waals surface area contributed by atoms with Crippen molar-refractivity contribution in [3.8, 4) is 0 Å². The molecular weight excluding hydrogens is 1590 g/mol. The number of benzene rings is 8. The molecule has 4 aliphatic carbocycles. The molecule has 20 rings (SSSR count). The van der Waals surface area contributed by atoms with Crippen molar-refractivity contribution in [1.82, 2.24) is 0 Å². The summed E-state index contributed by atoms with van der Waals surface area (Å²) < 4.78 is 69.7. The zero-order valence-electron chi connectivity index (χ0n) is 70.3. The molecule has 0 spiro atoms. The van der Waals surface area contributed by atoms with E-state index in [1.165, 1.54) is 0 Å². The molecule has 0 saturated heterocycles. The quantitative estimate of drug-likeness (QED) is 0.0699. The number of hydrogen-bond donors (Lipinski definition) is 8. The van der Waals surface area contributed by atoms with Gasteiger partial charge in [-0.15, -0.1) is 0 Å². The topological polar surface area (TPSA) is 344 Å². The van der Waals surface area contributed by atoms with Gasteiger partial charge in [0, 0.05) is 195 Å². The summed E-state index contributed by atoms with van der Waals surface area (Å²) in [5.41, 5.74) is 10.4. The first-order valence-corrected chi connectivity index (χ1v) is 43.3. The lowest BCUT2D eigenvalue weighted by atomic mass is 9.82. The summed E-state index contributed by atoms with van der Waals surface area (Å²) in [5.74, 6) is -1.76. The van der Waals surface area contributed by atoms with Crippen molar-refractivity contribution in [2.24, 2.45) is 0 Å². The SMILES string of the molecule is O=C1c2cccc3c2C(=O)c2cccc(c21)NCCCOCCOCCOCCCNc1cccc2c1C(=O)c1cccc(c1C2=O)NCCCOCCOCCOCCCNc1ccc(c2c1C(=O)c1ccccc1C2=O)NCCCOCCOCCOCCCNc1cccc2c1C(=O)c1cccc(c1C2=O)NCCCOCCOCCOCCCN3. The van der Waals surface area contributed by atoms with E-state index in [0.29, 0.717) is 397 Å². The monoisotopic (exact) mass is 1700 g/mol. The van der Waals surface area contributed by atoms with Crippen molar-refractivity contribution in [1.29, 1.82) is 0 Å². The van der Waals surface area contributed by atoms with Gasteiger partial charge < -0.3 is 99.4 Å². The number of ketones is 8. The van der Waals surface area contributed by atoms with Crippen molar-refractivity contribution in [2.75, 3.05) is 253 Å². The number of anilines is 8. The summed E-state index contributed by atoms with van der Waals surface area (Å²) in [4.78, 5) is 113. The molecular formula is C96H112N8O20. The molecule has 0 radical (unpaired) electrons. The lowest BCUT2D eigenvalue weighted by Crippen LogP contribution is -2.25. The van der Waals surface area contributed by atoms with E-state index in [1.807, 2.05) is 48.5 Å². The minimum atomic E-state index is -0.221. The third-order valence-electron chi connectivity index (χ3n) is 21.5. The van der Waals surface area contributed by atoms with E-state index >= 15 is 0 Å². The summed E-state index contributed by atoms with van der Waals surface area (Å²) in [6, 6.07) is 42.3. The van der Waals surface area contributed by atoms with Crippen LogP contribution >= 0.6 is 0 Å². The van der Waals surface area contributed by atoms with Crippen LogP contribution in [0.15, 0.2) is 146 Å². The summed E-state index contributed by atoms with van der Waals surface area (Å²) in [5, 5.41) is 26.9. The fourth-order valence-electron chi connectivity index (χ4n) is 15.5. The second-order valence-electron chi connectivity index (χ2n) is 30.0. The molecule has 0 atom stereocenters. The van der Waals surface area contributed by atoms with Gasteiger partial charge in [0.25, 0.3) is 0 Å². The van der Waals surface area contributed by atoms with Crippen LogP contribution in [0.1, 0.15) is 179 Å². The highest BCUT2D eigenvalue weighted by molar-refractivity contribution is 6.35. The van der Waals surface area contributed by atoms with Crippen LogP contribution in [0.4, 0.5) is 45.5 Å². The fraction of sp³-hybridized carbons (Fsp3) is 0.417. The van der Waals surface area contributed by atoms with Gasteiger partial charge in [-0.05, 0) is 99.9 Å².